The van der Waals surface area contributed by atoms with Crippen LogP contribution >= 0.6 is 0 Å². The highest BCUT2D eigenvalue weighted by atomic mass is 16.3. The van der Waals surface area contributed by atoms with Crippen LogP contribution in [-0.2, 0) is 54.4 Å². The van der Waals surface area contributed by atoms with Gasteiger partial charge in [0.15, 0.2) is 5.96 Å². The van der Waals surface area contributed by atoms with E-state index in [9.17, 15) is 58.2 Å². The highest BCUT2D eigenvalue weighted by Crippen LogP contribution is 2.26. The Bertz CT molecular complexity index is 2480. The second-order valence-electron chi connectivity index (χ2n) is 25.5. The van der Waals surface area contributed by atoms with Crippen molar-refractivity contribution in [3.8, 4) is 0 Å². The van der Waals surface area contributed by atoms with Crippen LogP contribution in [0.2, 0.25) is 0 Å². The lowest BCUT2D eigenvalue weighted by molar-refractivity contribution is -0.149. The third-order valence-electron chi connectivity index (χ3n) is 16.3. The van der Waals surface area contributed by atoms with E-state index >= 15 is 0 Å². The van der Waals surface area contributed by atoms with Crippen molar-refractivity contribution in [2.75, 3.05) is 33.2 Å². The summed E-state index contributed by atoms with van der Waals surface area (Å²) in [7, 11) is 1.35. The second-order valence-corrected chi connectivity index (χ2v) is 25.5. The number of piperidine rings is 1. The van der Waals surface area contributed by atoms with Gasteiger partial charge in [-0.2, -0.15) is 0 Å². The van der Waals surface area contributed by atoms with E-state index in [-0.39, 0.29) is 106 Å². The third kappa shape index (κ3) is 24.9. The number of β-amino-alcohol motifs (C(OH)–C–C–N with tert-alkyl or cyclic N) is 1. The van der Waals surface area contributed by atoms with E-state index in [0.29, 0.717) is 32.2 Å². The molecule has 14 N–H and O–H groups in total. The van der Waals surface area contributed by atoms with Gasteiger partial charge in [-0.15, -0.1) is 0 Å². The average molecular weight is 1240 g/mol. The number of guanidine groups is 1. The van der Waals surface area contributed by atoms with E-state index in [2.05, 4.69) is 43.8 Å². The Morgan fingerprint density at radius 2 is 1.25 bits per heavy atom. The number of amides is 10. The maximum Gasteiger partial charge on any atom is 0.245 e. The first kappa shape index (κ1) is 75.4. The van der Waals surface area contributed by atoms with Crippen molar-refractivity contribution in [2.45, 2.75) is 233 Å². The summed E-state index contributed by atoms with van der Waals surface area (Å²) in [5.74, 6) is -8.16. The lowest BCUT2D eigenvalue weighted by Gasteiger charge is -2.35. The molecule has 2 aliphatic rings. The van der Waals surface area contributed by atoms with E-state index in [1.54, 1.807) is 25.7 Å². The van der Waals surface area contributed by atoms with Gasteiger partial charge in [0.25, 0.3) is 0 Å². The lowest BCUT2D eigenvalue weighted by atomic mass is 9.95. The molecular weight excluding hydrogens is 1130 g/mol. The number of aliphatic hydroxyl groups is 2. The normalized spacial score (nSPS) is 19.0. The largest absolute Gasteiger partial charge is 0.391 e. The summed E-state index contributed by atoms with van der Waals surface area (Å²) in [6.07, 6.45) is 4.66. The van der Waals surface area contributed by atoms with Gasteiger partial charge in [-0.25, -0.2) is 0 Å². The Morgan fingerprint density at radius 3 is 1.84 bits per heavy atom. The van der Waals surface area contributed by atoms with Crippen molar-refractivity contribution >= 4 is 65.0 Å². The van der Waals surface area contributed by atoms with Gasteiger partial charge in [0.05, 0.1) is 18.1 Å². The molecular formula is C63H107N13O12. The summed E-state index contributed by atoms with van der Waals surface area (Å²) in [5.41, 5.74) is 17.3. The number of rotatable bonds is 37. The molecule has 2 fully saturated rings. The van der Waals surface area contributed by atoms with E-state index < -0.39 is 114 Å². The maximum absolute atomic E-state index is 14.9. The monoisotopic (exact) mass is 1240 g/mol. The zero-order chi connectivity index (χ0) is 65.9. The van der Waals surface area contributed by atoms with Crippen LogP contribution in [0.15, 0.2) is 35.3 Å². The molecule has 1 aromatic rings. The Balaban J connectivity index is 1.89. The number of hydrogen-bond donors (Lipinski definition) is 11. The van der Waals surface area contributed by atoms with E-state index in [0.717, 1.165) is 42.6 Å². The van der Waals surface area contributed by atoms with Gasteiger partial charge in [0, 0.05) is 52.5 Å². The molecule has 12 atom stereocenters. The minimum Gasteiger partial charge on any atom is -0.391 e. The van der Waals surface area contributed by atoms with Gasteiger partial charge < -0.3 is 74.0 Å². The van der Waals surface area contributed by atoms with Crippen LogP contribution in [0.3, 0.4) is 0 Å². The van der Waals surface area contributed by atoms with E-state index in [4.69, 9.17) is 17.2 Å². The number of aliphatic hydroxyl groups excluding tert-OH is 2. The van der Waals surface area contributed by atoms with Crippen LogP contribution < -0.4 is 49.1 Å². The van der Waals surface area contributed by atoms with Gasteiger partial charge in [-0.3, -0.25) is 52.9 Å². The quantitative estimate of drug-likeness (QED) is 0.0256. The summed E-state index contributed by atoms with van der Waals surface area (Å²) in [4.78, 5) is 149. The summed E-state index contributed by atoms with van der Waals surface area (Å²) < 4.78 is 0. The predicted molar refractivity (Wildman–Crippen MR) is 336 cm³/mol. The smallest absolute Gasteiger partial charge is 0.245 e. The molecule has 2 heterocycles. The van der Waals surface area contributed by atoms with Crippen molar-refractivity contribution in [1.29, 1.82) is 0 Å². The number of nitrogens with one attached hydrogen (secondary N) is 6. The molecule has 0 aliphatic carbocycles. The number of nitrogens with zero attached hydrogens (tertiary/aromatic N) is 4. The number of unbranched alkanes of at least 4 members (excludes halogenated alkanes) is 4. The molecule has 0 spiro atoms. The van der Waals surface area contributed by atoms with Gasteiger partial charge in [-0.05, 0) is 87.5 Å². The predicted octanol–water partition coefficient (Wildman–Crippen LogP) is 1.63. The van der Waals surface area contributed by atoms with Crippen molar-refractivity contribution in [2.24, 2.45) is 51.8 Å². The Labute approximate surface area is 521 Å². The first-order chi connectivity index (χ1) is 41.5. The topological polar surface area (TPSA) is 383 Å². The number of aliphatic imine (C=N–C) groups is 1. The molecule has 25 nitrogen and oxygen atoms in total. The molecule has 1 aromatic carbocycles. The van der Waals surface area contributed by atoms with Crippen LogP contribution in [0, 0.1) is 29.6 Å². The SMILES string of the molecule is CCCCCCCC(=O)N1CCC[C@H](C(=O)N[C@@H](Cc2ccccc2)C(=O)N[C@H](CC(C)C)C(=O)N[C@@H](CC(C)C)C(=O)N2C[C@H](O)C[C@H]2C(=O)N(C)[C@@H](CC(C)C)C(=O)N[C@H](C(=O)N[C@@H](CCCN=C(N)N)C(=O)N[C@H](C(N)=O)[C@@H](C)CC)[C@@H](C)O)C1. The fourth-order valence-corrected chi connectivity index (χ4v) is 11.2. The first-order valence-electron chi connectivity index (χ1n) is 31.9. The summed E-state index contributed by atoms with van der Waals surface area (Å²) >= 11 is 0. The van der Waals surface area contributed by atoms with Gasteiger partial charge >= 0.3 is 0 Å². The average Bonchev–Trinajstić information content (AvgIpc) is 2.61. The van der Waals surface area contributed by atoms with Crippen LogP contribution in [0.5, 0.6) is 0 Å². The summed E-state index contributed by atoms with van der Waals surface area (Å²) in [5, 5.41) is 38.6. The minimum absolute atomic E-state index is 0.00854. The molecule has 0 radical (unpaired) electrons. The molecule has 0 unspecified atom stereocenters. The van der Waals surface area contributed by atoms with Crippen molar-refractivity contribution < 1.29 is 58.2 Å². The number of primary amides is 1. The molecule has 2 saturated heterocycles. The zero-order valence-corrected chi connectivity index (χ0v) is 54.2. The van der Waals surface area contributed by atoms with Gasteiger partial charge in [-0.1, -0.05) is 125 Å². The molecule has 3 rings (SSSR count). The number of carbonyl (C=O) groups excluding carboxylic acids is 10. The molecule has 0 aromatic heterocycles. The number of likely N-dealkylation sites (tertiary alicyclic amines) is 2. The number of nitrogens with two attached hydrogens (primary N) is 3. The van der Waals surface area contributed by atoms with Gasteiger partial charge in [0.1, 0.15) is 48.3 Å². The van der Waals surface area contributed by atoms with E-state index in [1.807, 2.05) is 65.0 Å². The molecule has 10 amide bonds. The van der Waals surface area contributed by atoms with Crippen LogP contribution in [0.1, 0.15) is 171 Å². The molecule has 25 heteroatoms. The number of hydrogen-bond acceptors (Lipinski definition) is 13. The fraction of sp³-hybridized carbons (Fsp3) is 0.730. The van der Waals surface area contributed by atoms with Crippen LogP contribution in [0.4, 0.5) is 0 Å². The van der Waals surface area contributed by atoms with Gasteiger partial charge in [0.2, 0.25) is 59.1 Å². The van der Waals surface area contributed by atoms with Crippen LogP contribution in [0.25, 0.3) is 0 Å². The zero-order valence-electron chi connectivity index (χ0n) is 54.2. The molecule has 0 saturated carbocycles. The highest BCUT2D eigenvalue weighted by Gasteiger charge is 2.46. The lowest BCUT2D eigenvalue weighted by Crippen LogP contribution is -2.62. The number of likely N-dealkylation sites (N-methyl/N-ethyl adjacent to an activating group) is 1. The number of benzene rings is 1. The van der Waals surface area contributed by atoms with E-state index in [1.165, 1.54) is 18.9 Å². The summed E-state index contributed by atoms with van der Waals surface area (Å²) in [6.45, 7) is 18.5. The Kier molecular flexibility index (Phi) is 32.4. The van der Waals surface area contributed by atoms with Crippen molar-refractivity contribution in [3.63, 3.8) is 0 Å². The minimum atomic E-state index is -1.68. The Morgan fingerprint density at radius 1 is 0.670 bits per heavy atom. The standard InChI is InChI=1S/C63H107N13O12/c1-12-14-15-16-20-27-51(79)75-29-22-25-43(35-75)55(81)69-47(33-42-23-18-17-19-24-42)58(84)70-46(30-37(3)4)57(83)71-48(31-38(5)6)61(87)76-36-44(78)34-50(76)62(88)74(11)49(32-39(7)8)59(85)73-53(41(10)77)60(86)68-45(26-21-28-67-63(65)66)56(82)72-52(54(64)80)40(9)13-2/h17-19,23-24,37-41,43-50,52-53,77-78H,12-16,20-22,25-36H2,1-11H3,(H2,64,80)(H,68,86)(H,69,81)(H,70,84)(H,71,83)(H,72,82)(H,73,85)(H4,65,66,67)/t40-,41+,43-,44+,45-,46+,47-,48-,49-,50-,52-,53-/m0/s1. The van der Waals surface area contributed by atoms with Crippen molar-refractivity contribution in [3.05, 3.63) is 35.9 Å². The second kappa shape index (κ2) is 37.8. The molecule has 496 valence electrons. The van der Waals surface area contributed by atoms with Crippen LogP contribution in [-0.4, -0.2) is 184 Å². The third-order valence-corrected chi connectivity index (χ3v) is 16.3. The molecule has 0 bridgehead atoms. The first-order valence-corrected chi connectivity index (χ1v) is 31.9. The highest BCUT2D eigenvalue weighted by molar-refractivity contribution is 5.98. The molecule has 2 aliphatic heterocycles. The Hall–Kier alpha value is -6.89. The number of carbonyl (C=O) groups is 10. The fourth-order valence-electron chi connectivity index (χ4n) is 11.2. The van der Waals surface area contributed by atoms with Crippen molar-refractivity contribution in [1.82, 2.24) is 46.6 Å². The summed E-state index contributed by atoms with van der Waals surface area (Å²) in [6, 6.07) is -1.15. The maximum atomic E-state index is 14.9. The molecule has 88 heavy (non-hydrogen) atoms.